The molecule has 32 heavy (non-hydrogen) atoms. The maximum Gasteiger partial charge on any atom is 0.407 e. The molecule has 2 aliphatic rings. The zero-order chi connectivity index (χ0) is 23.2. The number of halogens is 2. The third kappa shape index (κ3) is 4.32. The molecule has 0 unspecified atom stereocenters. The monoisotopic (exact) mass is 447 g/mol. The molecule has 1 saturated heterocycles. The Morgan fingerprint density at radius 2 is 2.03 bits per heavy atom. The molecule has 0 aliphatic carbocycles. The predicted molar refractivity (Wildman–Crippen MR) is 111 cm³/mol. The highest BCUT2D eigenvalue weighted by Crippen LogP contribution is 2.36. The minimum absolute atomic E-state index is 0.0104. The number of likely N-dealkylation sites (N-methyl/N-ethyl adjacent to an activating group) is 1. The van der Waals surface area contributed by atoms with Gasteiger partial charge < -0.3 is 15.0 Å². The number of benzene rings is 1. The number of piperidine rings is 1. The van der Waals surface area contributed by atoms with Crippen LogP contribution in [-0.4, -0.2) is 56.7 Å². The van der Waals surface area contributed by atoms with Gasteiger partial charge in [-0.05, 0) is 45.4 Å². The molecular formula is C22H27F2N5O3. The van der Waals surface area contributed by atoms with Crippen LogP contribution in [0.1, 0.15) is 50.1 Å². The number of likely N-dealkylation sites (tertiary alicyclic amines) is 1. The first-order valence-electron chi connectivity index (χ1n) is 10.5. The first-order valence-corrected chi connectivity index (χ1v) is 10.5. The van der Waals surface area contributed by atoms with Crippen molar-refractivity contribution in [2.24, 2.45) is 0 Å². The molecule has 172 valence electrons. The van der Waals surface area contributed by atoms with Crippen molar-refractivity contribution in [1.82, 2.24) is 25.3 Å². The maximum atomic E-state index is 14.7. The van der Waals surface area contributed by atoms with Crippen LogP contribution in [0.4, 0.5) is 13.6 Å². The van der Waals surface area contributed by atoms with E-state index in [4.69, 9.17) is 4.74 Å². The highest BCUT2D eigenvalue weighted by atomic mass is 19.1. The van der Waals surface area contributed by atoms with E-state index in [-0.39, 0.29) is 17.9 Å². The van der Waals surface area contributed by atoms with Crippen LogP contribution >= 0.6 is 0 Å². The van der Waals surface area contributed by atoms with Crippen molar-refractivity contribution >= 4 is 12.0 Å². The van der Waals surface area contributed by atoms with Crippen LogP contribution < -0.4 is 5.32 Å². The fourth-order valence-electron chi connectivity index (χ4n) is 4.49. The summed E-state index contributed by atoms with van der Waals surface area (Å²) >= 11 is 0. The van der Waals surface area contributed by atoms with Crippen LogP contribution in [0.5, 0.6) is 0 Å². The molecule has 2 aromatic rings. The summed E-state index contributed by atoms with van der Waals surface area (Å²) in [5, 5.41) is 9.75. The van der Waals surface area contributed by atoms with Crippen LogP contribution in [0, 0.1) is 11.6 Å². The lowest BCUT2D eigenvalue weighted by atomic mass is 9.87. The Morgan fingerprint density at radius 1 is 1.28 bits per heavy atom. The number of H-pyrrole nitrogens is 1. The van der Waals surface area contributed by atoms with Crippen molar-refractivity contribution in [3.8, 4) is 0 Å². The average molecular weight is 447 g/mol. The molecule has 2 aliphatic heterocycles. The van der Waals surface area contributed by atoms with Gasteiger partial charge >= 0.3 is 6.09 Å². The SMILES string of the molecule is CN1C(=O)[C@H](N2Cc3cn[nH]c3C2)C[C@H](NC(=O)OC(C)(C)C)[C@H]1c1cc(F)ccc1F. The molecule has 1 fully saturated rings. The zero-order valence-corrected chi connectivity index (χ0v) is 18.5. The van der Waals surface area contributed by atoms with Crippen molar-refractivity contribution in [2.75, 3.05) is 7.05 Å². The van der Waals surface area contributed by atoms with Gasteiger partial charge in [0.2, 0.25) is 5.91 Å². The lowest BCUT2D eigenvalue weighted by Crippen LogP contribution is -2.60. The van der Waals surface area contributed by atoms with Gasteiger partial charge in [-0.2, -0.15) is 5.10 Å². The Hall–Kier alpha value is -3.01. The maximum absolute atomic E-state index is 14.7. The Kier molecular flexibility index (Phi) is 5.66. The van der Waals surface area contributed by atoms with E-state index in [0.717, 1.165) is 29.5 Å². The molecular weight excluding hydrogens is 420 g/mol. The van der Waals surface area contributed by atoms with Crippen LogP contribution in [-0.2, 0) is 22.6 Å². The van der Waals surface area contributed by atoms with Crippen LogP contribution in [0.2, 0.25) is 0 Å². The lowest BCUT2D eigenvalue weighted by Gasteiger charge is -2.45. The van der Waals surface area contributed by atoms with Gasteiger partial charge in [-0.1, -0.05) is 0 Å². The Morgan fingerprint density at radius 3 is 2.72 bits per heavy atom. The second-order valence-electron chi connectivity index (χ2n) is 9.34. The summed E-state index contributed by atoms with van der Waals surface area (Å²) in [6, 6.07) is 0.998. The average Bonchev–Trinajstić information content (AvgIpc) is 3.27. The number of fused-ring (bicyclic) bond motifs is 1. The van der Waals surface area contributed by atoms with Crippen LogP contribution in [0.15, 0.2) is 24.4 Å². The van der Waals surface area contributed by atoms with Gasteiger partial charge in [0.25, 0.3) is 0 Å². The number of alkyl carbamates (subject to hydrolysis) is 1. The number of ether oxygens (including phenoxy) is 1. The van der Waals surface area contributed by atoms with Crippen molar-refractivity contribution < 1.29 is 23.1 Å². The molecule has 0 saturated carbocycles. The standard InChI is InChI=1S/C22H27F2N5O3/c1-22(2,3)32-21(31)26-16-8-18(29-10-12-9-25-27-17(12)11-29)20(30)28(4)19(16)14-7-13(23)5-6-15(14)24/h5-7,9,16,18-19H,8,10-11H2,1-4H3,(H,25,27)(H,26,31)/t16-,18+,19+/m0/s1. The molecule has 3 heterocycles. The molecule has 0 radical (unpaired) electrons. The van der Waals surface area contributed by atoms with Gasteiger partial charge in [-0.15, -0.1) is 0 Å². The van der Waals surface area contributed by atoms with Gasteiger partial charge in [0, 0.05) is 31.3 Å². The van der Waals surface area contributed by atoms with E-state index in [0.29, 0.717) is 13.1 Å². The van der Waals surface area contributed by atoms with Crippen molar-refractivity contribution in [3.05, 3.63) is 52.9 Å². The van der Waals surface area contributed by atoms with Crippen molar-refractivity contribution in [1.29, 1.82) is 0 Å². The van der Waals surface area contributed by atoms with Gasteiger partial charge in [-0.3, -0.25) is 14.8 Å². The highest BCUT2D eigenvalue weighted by Gasteiger charge is 2.46. The van der Waals surface area contributed by atoms with E-state index in [1.807, 2.05) is 4.90 Å². The summed E-state index contributed by atoms with van der Waals surface area (Å²) in [5.41, 5.74) is 1.23. The molecule has 1 aromatic carbocycles. The summed E-state index contributed by atoms with van der Waals surface area (Å²) in [7, 11) is 1.55. The molecule has 8 nitrogen and oxygen atoms in total. The summed E-state index contributed by atoms with van der Waals surface area (Å²) in [6.45, 7) is 6.26. The Labute approximate surface area is 184 Å². The number of hydrogen-bond acceptors (Lipinski definition) is 5. The third-order valence-corrected chi connectivity index (χ3v) is 5.87. The second-order valence-corrected chi connectivity index (χ2v) is 9.34. The first-order chi connectivity index (χ1) is 15.0. The third-order valence-electron chi connectivity index (χ3n) is 5.87. The fraction of sp³-hybridized carbons (Fsp3) is 0.500. The zero-order valence-electron chi connectivity index (χ0n) is 18.5. The number of amides is 2. The lowest BCUT2D eigenvalue weighted by molar-refractivity contribution is -0.144. The first kappa shape index (κ1) is 22.2. The highest BCUT2D eigenvalue weighted by molar-refractivity contribution is 5.84. The predicted octanol–water partition coefficient (Wildman–Crippen LogP) is 2.87. The largest absolute Gasteiger partial charge is 0.444 e. The molecule has 2 amide bonds. The summed E-state index contributed by atoms with van der Waals surface area (Å²) in [5.74, 6) is -1.49. The van der Waals surface area contributed by atoms with Gasteiger partial charge in [0.1, 0.15) is 17.2 Å². The quantitative estimate of drug-likeness (QED) is 0.755. The summed E-state index contributed by atoms with van der Waals surface area (Å²) in [6.07, 6.45) is 1.27. The van der Waals surface area contributed by atoms with E-state index in [2.05, 4.69) is 15.5 Å². The minimum atomic E-state index is -0.885. The normalized spacial score (nSPS) is 23.9. The smallest absolute Gasteiger partial charge is 0.407 e. The molecule has 1 aromatic heterocycles. The topological polar surface area (TPSA) is 90.6 Å². The summed E-state index contributed by atoms with van der Waals surface area (Å²) < 4.78 is 34.1. The number of aromatic nitrogens is 2. The number of hydrogen-bond donors (Lipinski definition) is 2. The van der Waals surface area contributed by atoms with Crippen molar-refractivity contribution in [3.63, 3.8) is 0 Å². The molecule has 10 heteroatoms. The van der Waals surface area contributed by atoms with Gasteiger partial charge in [0.05, 0.1) is 30.0 Å². The number of carbonyl (C=O) groups excluding carboxylic acids is 2. The van der Waals surface area contributed by atoms with E-state index < -0.39 is 41.5 Å². The van der Waals surface area contributed by atoms with Gasteiger partial charge in [0.15, 0.2) is 0 Å². The molecule has 2 N–H and O–H groups in total. The van der Waals surface area contributed by atoms with E-state index in [9.17, 15) is 18.4 Å². The molecule has 3 atom stereocenters. The number of aromatic amines is 1. The second kappa shape index (κ2) is 8.16. The number of nitrogens with zero attached hydrogens (tertiary/aromatic N) is 3. The van der Waals surface area contributed by atoms with Crippen LogP contribution in [0.3, 0.4) is 0 Å². The fourth-order valence-corrected chi connectivity index (χ4v) is 4.49. The Balaban J connectivity index is 1.64. The molecule has 0 bridgehead atoms. The van der Waals surface area contributed by atoms with E-state index >= 15 is 0 Å². The van der Waals surface area contributed by atoms with E-state index in [1.165, 1.54) is 4.90 Å². The Bertz CT molecular complexity index is 1010. The summed E-state index contributed by atoms with van der Waals surface area (Å²) in [4.78, 5) is 29.3. The number of rotatable bonds is 3. The van der Waals surface area contributed by atoms with Crippen LogP contribution in [0.25, 0.3) is 0 Å². The molecule has 0 spiro atoms. The number of nitrogens with one attached hydrogen (secondary N) is 2. The molecule has 4 rings (SSSR count). The van der Waals surface area contributed by atoms with E-state index in [1.54, 1.807) is 34.0 Å². The minimum Gasteiger partial charge on any atom is -0.444 e. The van der Waals surface area contributed by atoms with Gasteiger partial charge in [-0.25, -0.2) is 13.6 Å². The van der Waals surface area contributed by atoms with Crippen molar-refractivity contribution in [2.45, 2.75) is 64.0 Å². The number of carbonyl (C=O) groups is 2.